The van der Waals surface area contributed by atoms with Gasteiger partial charge in [0.2, 0.25) is 5.95 Å². The molecule has 2 aliphatic carbocycles. The Hall–Kier alpha value is -2.40. The van der Waals surface area contributed by atoms with Gasteiger partial charge in [-0.2, -0.15) is 10.2 Å². The summed E-state index contributed by atoms with van der Waals surface area (Å²) in [4.78, 5) is 11.6. The number of anilines is 2. The first-order valence-electron chi connectivity index (χ1n) is 15.0. The van der Waals surface area contributed by atoms with Gasteiger partial charge in [-0.3, -0.25) is 0 Å². The molecule has 1 aromatic heterocycles. The molecule has 3 N–H and O–H groups in total. The summed E-state index contributed by atoms with van der Waals surface area (Å²) in [7, 11) is 0. The zero-order chi connectivity index (χ0) is 27.2. The Morgan fingerprint density at radius 1 is 1.03 bits per heavy atom. The second-order valence-corrected chi connectivity index (χ2v) is 12.6. The average molecular weight is 550 g/mol. The van der Waals surface area contributed by atoms with Crippen LogP contribution in [-0.2, 0) is 6.54 Å². The number of piperidine rings is 1. The van der Waals surface area contributed by atoms with Gasteiger partial charge in [0, 0.05) is 30.2 Å². The summed E-state index contributed by atoms with van der Waals surface area (Å²) < 4.78 is 0. The van der Waals surface area contributed by atoms with Gasteiger partial charge in [-0.15, -0.1) is 0 Å². The number of rotatable bonds is 10. The number of aromatic nitrogens is 2. The molecule has 0 spiro atoms. The summed E-state index contributed by atoms with van der Waals surface area (Å²) in [5.41, 5.74) is 1.47. The minimum atomic E-state index is 0.484. The molecule has 2 aromatic rings. The Balaban J connectivity index is 1.13. The van der Waals surface area contributed by atoms with Crippen LogP contribution in [0.1, 0.15) is 69.9 Å². The molecule has 8 heteroatoms. The Morgan fingerprint density at radius 2 is 1.77 bits per heavy atom. The van der Waals surface area contributed by atoms with E-state index >= 15 is 0 Å². The molecule has 3 fully saturated rings. The molecule has 3 aliphatic rings. The highest BCUT2D eigenvalue weighted by atomic mass is 35.5. The highest BCUT2D eigenvalue weighted by Gasteiger charge is 2.40. The number of nitriles is 1. The van der Waals surface area contributed by atoms with Crippen LogP contribution in [-0.4, -0.2) is 53.1 Å². The summed E-state index contributed by atoms with van der Waals surface area (Å²) in [5, 5.41) is 21.2. The summed E-state index contributed by atoms with van der Waals surface area (Å²) in [6.45, 7) is 9.70. The third-order valence-corrected chi connectivity index (χ3v) is 9.69. The standard InChI is InChI=1S/C31H44ClN7/c1-21(2)39-12-10-22(11-13-39)17-34-29-24-7-5-8-25(29)15-23(14-24)18-35-30-27(16-33)20-37-31(38-30)36-19-26-6-3-4-9-28(26)32/h3-4,6,9,20-25,29,34H,5,7-8,10-15,17-19H2,1-2H3,(H2,35,36,37,38)/t23?,24-,25+,29-. The van der Waals surface area contributed by atoms with Crippen LogP contribution in [0.15, 0.2) is 30.5 Å². The van der Waals surface area contributed by atoms with Crippen LogP contribution in [0, 0.1) is 35.0 Å². The molecule has 1 unspecified atom stereocenters. The average Bonchev–Trinajstić information content (AvgIpc) is 2.94. The lowest BCUT2D eigenvalue weighted by molar-refractivity contribution is 0.0788. The second-order valence-electron chi connectivity index (χ2n) is 12.2. The van der Waals surface area contributed by atoms with Crippen LogP contribution < -0.4 is 16.0 Å². The largest absolute Gasteiger partial charge is 0.369 e. The molecule has 1 aliphatic heterocycles. The van der Waals surface area contributed by atoms with Gasteiger partial charge in [0.05, 0.1) is 6.20 Å². The second kappa shape index (κ2) is 13.3. The predicted octanol–water partition coefficient (Wildman–Crippen LogP) is 5.93. The normalized spacial score (nSPS) is 25.8. The number of nitrogens with zero attached hydrogens (tertiary/aromatic N) is 4. The van der Waals surface area contributed by atoms with Crippen LogP contribution in [0.4, 0.5) is 11.8 Å². The Kier molecular flexibility index (Phi) is 9.60. The van der Waals surface area contributed by atoms with E-state index < -0.39 is 0 Å². The van der Waals surface area contributed by atoms with Gasteiger partial charge in [-0.1, -0.05) is 36.2 Å². The Morgan fingerprint density at radius 3 is 2.46 bits per heavy atom. The Labute approximate surface area is 239 Å². The SMILES string of the molecule is CC(C)N1CCC(CN[C@@H]2[C@@H]3CCC[C@H]2CC(CNc2nc(NCc4ccccc4Cl)ncc2C#N)C3)CC1. The van der Waals surface area contributed by atoms with Crippen LogP contribution in [0.25, 0.3) is 0 Å². The summed E-state index contributed by atoms with van der Waals surface area (Å²) >= 11 is 6.29. The van der Waals surface area contributed by atoms with Gasteiger partial charge in [0.15, 0.2) is 0 Å². The van der Waals surface area contributed by atoms with Gasteiger partial charge in [-0.05, 0) is 107 Å². The first-order valence-corrected chi connectivity index (χ1v) is 15.3. The van der Waals surface area contributed by atoms with Crippen LogP contribution in [0.5, 0.6) is 0 Å². The first-order chi connectivity index (χ1) is 19.0. The van der Waals surface area contributed by atoms with Gasteiger partial charge in [0.25, 0.3) is 0 Å². The van der Waals surface area contributed by atoms with E-state index in [9.17, 15) is 5.26 Å². The van der Waals surface area contributed by atoms with Crippen molar-refractivity contribution in [2.75, 3.05) is 36.8 Å². The molecule has 0 amide bonds. The maximum absolute atomic E-state index is 9.65. The number of likely N-dealkylation sites (tertiary alicyclic amines) is 1. The monoisotopic (exact) mass is 549 g/mol. The van der Waals surface area contributed by atoms with E-state index in [-0.39, 0.29) is 0 Å². The van der Waals surface area contributed by atoms with E-state index in [4.69, 9.17) is 11.6 Å². The minimum Gasteiger partial charge on any atom is -0.369 e. The van der Waals surface area contributed by atoms with Crippen molar-refractivity contribution in [3.05, 3.63) is 46.6 Å². The highest BCUT2D eigenvalue weighted by Crippen LogP contribution is 2.43. The maximum atomic E-state index is 9.65. The van der Waals surface area contributed by atoms with Crippen molar-refractivity contribution in [1.29, 1.82) is 5.26 Å². The molecular formula is C31H44ClN7. The number of nitrogens with one attached hydrogen (secondary N) is 3. The van der Waals surface area contributed by atoms with Crippen LogP contribution in [0.3, 0.4) is 0 Å². The van der Waals surface area contributed by atoms with Crippen molar-refractivity contribution in [2.45, 2.75) is 77.4 Å². The number of hydrogen-bond acceptors (Lipinski definition) is 7. The third kappa shape index (κ3) is 7.22. The molecule has 2 heterocycles. The molecule has 5 rings (SSSR count). The van der Waals surface area contributed by atoms with E-state index in [1.807, 2.05) is 24.3 Å². The summed E-state index contributed by atoms with van der Waals surface area (Å²) in [6.07, 6.45) is 10.8. The molecule has 0 radical (unpaired) electrons. The topological polar surface area (TPSA) is 88.9 Å². The fourth-order valence-corrected chi connectivity index (χ4v) is 7.29. The molecular weight excluding hydrogens is 506 g/mol. The minimum absolute atomic E-state index is 0.484. The molecule has 1 saturated heterocycles. The molecule has 210 valence electrons. The Bertz CT molecular complexity index is 1110. The molecule has 7 nitrogen and oxygen atoms in total. The zero-order valence-corrected chi connectivity index (χ0v) is 24.3. The fraction of sp³-hybridized carbons (Fsp3) is 0.645. The van der Waals surface area contributed by atoms with Gasteiger partial charge in [-0.25, -0.2) is 4.98 Å². The summed E-state index contributed by atoms with van der Waals surface area (Å²) in [6, 6.07) is 11.3. The van der Waals surface area contributed by atoms with E-state index in [0.717, 1.165) is 29.9 Å². The van der Waals surface area contributed by atoms with Crippen LogP contribution >= 0.6 is 11.6 Å². The van der Waals surface area contributed by atoms with E-state index in [0.29, 0.717) is 46.9 Å². The smallest absolute Gasteiger partial charge is 0.224 e. The predicted molar refractivity (Wildman–Crippen MR) is 159 cm³/mol. The lowest BCUT2D eigenvalue weighted by Crippen LogP contribution is -2.52. The molecule has 1 aromatic carbocycles. The van der Waals surface area contributed by atoms with E-state index in [2.05, 4.69) is 50.7 Å². The van der Waals surface area contributed by atoms with E-state index in [1.54, 1.807) is 6.20 Å². The lowest BCUT2D eigenvalue weighted by atomic mass is 9.64. The third-order valence-electron chi connectivity index (χ3n) is 9.32. The molecule has 2 saturated carbocycles. The lowest BCUT2D eigenvalue weighted by Gasteiger charge is -2.47. The molecule has 4 atom stereocenters. The number of hydrogen-bond donors (Lipinski definition) is 3. The van der Waals surface area contributed by atoms with Crippen molar-refractivity contribution >= 4 is 23.4 Å². The van der Waals surface area contributed by atoms with Crippen molar-refractivity contribution in [2.24, 2.45) is 23.7 Å². The fourth-order valence-electron chi connectivity index (χ4n) is 7.08. The van der Waals surface area contributed by atoms with Crippen molar-refractivity contribution in [3.63, 3.8) is 0 Å². The summed E-state index contributed by atoms with van der Waals surface area (Å²) in [5.74, 6) is 4.06. The van der Waals surface area contributed by atoms with Crippen molar-refractivity contribution < 1.29 is 0 Å². The van der Waals surface area contributed by atoms with Crippen molar-refractivity contribution in [3.8, 4) is 6.07 Å². The van der Waals surface area contributed by atoms with Gasteiger partial charge in [0.1, 0.15) is 17.5 Å². The zero-order valence-electron chi connectivity index (χ0n) is 23.5. The quantitative estimate of drug-likeness (QED) is 0.338. The maximum Gasteiger partial charge on any atom is 0.224 e. The molecule has 39 heavy (non-hydrogen) atoms. The van der Waals surface area contributed by atoms with E-state index in [1.165, 1.54) is 64.6 Å². The molecule has 2 bridgehead atoms. The van der Waals surface area contributed by atoms with Gasteiger partial charge >= 0.3 is 0 Å². The van der Waals surface area contributed by atoms with Crippen LogP contribution in [0.2, 0.25) is 5.02 Å². The van der Waals surface area contributed by atoms with Gasteiger partial charge < -0.3 is 20.9 Å². The number of benzene rings is 1. The highest BCUT2D eigenvalue weighted by molar-refractivity contribution is 6.31. The number of halogens is 1. The first kappa shape index (κ1) is 28.1. The number of fused-ring (bicyclic) bond motifs is 2. The van der Waals surface area contributed by atoms with Crippen molar-refractivity contribution in [1.82, 2.24) is 20.2 Å².